The molecule has 1 rings (SSSR count). The Kier molecular flexibility index (Phi) is 5.46. The Hall–Kier alpha value is -0.780. The first-order valence-electron chi connectivity index (χ1n) is 7.09. The summed E-state index contributed by atoms with van der Waals surface area (Å²) in [5.41, 5.74) is -0.491. The van der Waals surface area contributed by atoms with Gasteiger partial charge in [-0.1, -0.05) is 20.8 Å². The van der Waals surface area contributed by atoms with E-state index in [4.69, 9.17) is 0 Å². The van der Waals surface area contributed by atoms with Gasteiger partial charge in [-0.25, -0.2) is 0 Å². The molecule has 20 heavy (non-hydrogen) atoms. The first-order chi connectivity index (χ1) is 8.99. The molecule has 0 aliphatic carbocycles. The minimum absolute atomic E-state index is 0.108. The number of piperidine rings is 1. The van der Waals surface area contributed by atoms with Gasteiger partial charge in [0.15, 0.2) is 0 Å². The molecule has 1 unspecified atom stereocenters. The van der Waals surface area contributed by atoms with Gasteiger partial charge in [-0.15, -0.1) is 0 Å². The summed E-state index contributed by atoms with van der Waals surface area (Å²) in [4.78, 5) is 12.0. The summed E-state index contributed by atoms with van der Waals surface area (Å²) >= 11 is 0. The van der Waals surface area contributed by atoms with Crippen molar-refractivity contribution in [2.75, 3.05) is 6.54 Å². The van der Waals surface area contributed by atoms with Gasteiger partial charge in [-0.2, -0.15) is 13.2 Å². The number of carbonyl (C=O) groups excluding carboxylic acids is 1. The second-order valence-corrected chi connectivity index (χ2v) is 6.94. The predicted octanol–water partition coefficient (Wildman–Crippen LogP) is 2.86. The zero-order valence-electron chi connectivity index (χ0n) is 12.6. The van der Waals surface area contributed by atoms with Crippen molar-refractivity contribution in [2.45, 2.75) is 65.2 Å². The average molecular weight is 294 g/mol. The van der Waals surface area contributed by atoms with Crippen molar-refractivity contribution >= 4 is 5.91 Å². The quantitative estimate of drug-likeness (QED) is 0.840. The largest absolute Gasteiger partial charge is 0.408 e. The smallest absolute Gasteiger partial charge is 0.344 e. The molecule has 1 aliphatic rings. The van der Waals surface area contributed by atoms with Crippen LogP contribution in [0.5, 0.6) is 0 Å². The van der Waals surface area contributed by atoms with Crippen molar-refractivity contribution in [2.24, 2.45) is 11.3 Å². The van der Waals surface area contributed by atoms with Gasteiger partial charge in [0, 0.05) is 12.0 Å². The van der Waals surface area contributed by atoms with Crippen LogP contribution in [0.3, 0.4) is 0 Å². The minimum atomic E-state index is -4.40. The van der Waals surface area contributed by atoms with Gasteiger partial charge in [-0.3, -0.25) is 4.79 Å². The van der Waals surface area contributed by atoms with Crippen LogP contribution in [0.2, 0.25) is 0 Å². The van der Waals surface area contributed by atoms with Crippen LogP contribution in [0.15, 0.2) is 0 Å². The first kappa shape index (κ1) is 17.3. The summed E-state index contributed by atoms with van der Waals surface area (Å²) in [5, 5.41) is 5.40. The predicted molar refractivity (Wildman–Crippen MR) is 72.2 cm³/mol. The fraction of sp³-hybridized carbons (Fsp3) is 0.929. The molecular weight excluding hydrogens is 269 g/mol. The van der Waals surface area contributed by atoms with E-state index in [1.807, 2.05) is 6.92 Å². The number of nitrogens with one attached hydrogen (secondary N) is 2. The highest BCUT2D eigenvalue weighted by atomic mass is 19.4. The van der Waals surface area contributed by atoms with E-state index in [1.54, 1.807) is 20.8 Å². The third kappa shape index (κ3) is 5.69. The van der Waals surface area contributed by atoms with Crippen molar-refractivity contribution < 1.29 is 18.0 Å². The molecule has 0 spiro atoms. The Morgan fingerprint density at radius 2 is 1.95 bits per heavy atom. The lowest BCUT2D eigenvalue weighted by atomic mass is 9.87. The van der Waals surface area contributed by atoms with E-state index >= 15 is 0 Å². The highest BCUT2D eigenvalue weighted by Gasteiger charge is 2.43. The summed E-state index contributed by atoms with van der Waals surface area (Å²) in [5.74, 6) is -0.791. The summed E-state index contributed by atoms with van der Waals surface area (Å²) in [7, 11) is 0. The van der Waals surface area contributed by atoms with E-state index in [-0.39, 0.29) is 18.4 Å². The van der Waals surface area contributed by atoms with Crippen molar-refractivity contribution in [3.05, 3.63) is 0 Å². The summed E-state index contributed by atoms with van der Waals surface area (Å²) in [6.07, 6.45) is -3.33. The fourth-order valence-corrected chi connectivity index (χ4v) is 2.52. The van der Waals surface area contributed by atoms with Gasteiger partial charge in [-0.05, 0) is 38.1 Å². The van der Waals surface area contributed by atoms with Crippen molar-refractivity contribution in [3.63, 3.8) is 0 Å². The lowest BCUT2D eigenvalue weighted by molar-refractivity contribution is -0.168. The average Bonchev–Trinajstić information content (AvgIpc) is 2.25. The molecule has 1 aliphatic heterocycles. The summed E-state index contributed by atoms with van der Waals surface area (Å²) < 4.78 is 39.1. The van der Waals surface area contributed by atoms with Crippen LogP contribution in [0.25, 0.3) is 0 Å². The van der Waals surface area contributed by atoms with Crippen LogP contribution in [0.1, 0.15) is 47.0 Å². The van der Waals surface area contributed by atoms with Gasteiger partial charge >= 0.3 is 6.18 Å². The number of alkyl halides is 3. The normalized spacial score (nSPS) is 26.1. The van der Waals surface area contributed by atoms with Crippen LogP contribution in [0, 0.1) is 11.3 Å². The lowest BCUT2D eigenvalue weighted by Crippen LogP contribution is -2.51. The van der Waals surface area contributed by atoms with Crippen LogP contribution in [-0.4, -0.2) is 30.7 Å². The zero-order chi connectivity index (χ0) is 15.6. The van der Waals surface area contributed by atoms with Gasteiger partial charge in [0.2, 0.25) is 5.91 Å². The third-order valence-electron chi connectivity index (χ3n) is 3.52. The van der Waals surface area contributed by atoms with Crippen LogP contribution in [0.4, 0.5) is 13.2 Å². The molecule has 1 saturated heterocycles. The van der Waals surface area contributed by atoms with Gasteiger partial charge in [0.1, 0.15) is 6.04 Å². The number of carbonyl (C=O) groups is 1. The Labute approximate surface area is 118 Å². The van der Waals surface area contributed by atoms with Gasteiger partial charge in [0.05, 0.1) is 0 Å². The van der Waals surface area contributed by atoms with Crippen LogP contribution >= 0.6 is 0 Å². The molecule has 1 heterocycles. The zero-order valence-corrected chi connectivity index (χ0v) is 12.6. The maximum absolute atomic E-state index is 13.0. The molecule has 3 atom stereocenters. The number of hydrogen-bond donors (Lipinski definition) is 2. The Bertz CT molecular complexity index is 336. The fourth-order valence-electron chi connectivity index (χ4n) is 2.52. The molecule has 0 saturated carbocycles. The molecule has 2 N–H and O–H groups in total. The number of rotatable bonds is 3. The number of amides is 1. The van der Waals surface area contributed by atoms with Crippen LogP contribution in [-0.2, 0) is 4.79 Å². The Morgan fingerprint density at radius 1 is 1.35 bits per heavy atom. The second kappa shape index (κ2) is 6.33. The second-order valence-electron chi connectivity index (χ2n) is 6.94. The van der Waals surface area contributed by atoms with Gasteiger partial charge < -0.3 is 10.6 Å². The van der Waals surface area contributed by atoms with E-state index in [2.05, 4.69) is 10.6 Å². The molecule has 6 heteroatoms. The topological polar surface area (TPSA) is 41.1 Å². The van der Waals surface area contributed by atoms with Crippen LogP contribution < -0.4 is 10.6 Å². The van der Waals surface area contributed by atoms with E-state index in [0.29, 0.717) is 19.4 Å². The standard InChI is InChI=1S/C14H25F3N2O/c1-9-7-10(5-6-18-9)12(20)19-11(14(15,16)17)8-13(2,3)4/h9-11,18H,5-8H2,1-4H3,(H,19,20)/t9-,10-,11?/m0/s1. The van der Waals surface area contributed by atoms with Crippen molar-refractivity contribution in [3.8, 4) is 0 Å². The third-order valence-corrected chi connectivity index (χ3v) is 3.52. The molecular formula is C14H25F3N2O. The molecule has 0 aromatic carbocycles. The molecule has 1 amide bonds. The summed E-state index contributed by atoms with van der Waals surface area (Å²) in [6, 6.07) is -1.59. The van der Waals surface area contributed by atoms with E-state index in [1.165, 1.54) is 0 Å². The molecule has 3 nitrogen and oxygen atoms in total. The SMILES string of the molecule is C[C@H]1C[C@@H](C(=O)NC(CC(C)(C)C)C(F)(F)F)CCN1. The molecule has 0 aromatic rings. The van der Waals surface area contributed by atoms with Gasteiger partial charge in [0.25, 0.3) is 0 Å². The Morgan fingerprint density at radius 3 is 2.40 bits per heavy atom. The minimum Gasteiger partial charge on any atom is -0.344 e. The lowest BCUT2D eigenvalue weighted by Gasteiger charge is -2.32. The maximum Gasteiger partial charge on any atom is 0.408 e. The number of halogens is 3. The van der Waals surface area contributed by atoms with Crippen molar-refractivity contribution in [1.82, 2.24) is 10.6 Å². The molecule has 0 radical (unpaired) electrons. The highest BCUT2D eigenvalue weighted by Crippen LogP contribution is 2.31. The molecule has 0 aromatic heterocycles. The molecule has 1 fully saturated rings. The number of hydrogen-bond acceptors (Lipinski definition) is 2. The molecule has 0 bridgehead atoms. The first-order valence-corrected chi connectivity index (χ1v) is 7.09. The monoisotopic (exact) mass is 294 g/mol. The van der Waals surface area contributed by atoms with Crippen molar-refractivity contribution in [1.29, 1.82) is 0 Å². The maximum atomic E-state index is 13.0. The van der Waals surface area contributed by atoms with E-state index in [9.17, 15) is 18.0 Å². The summed E-state index contributed by atoms with van der Waals surface area (Å²) in [6.45, 7) is 7.84. The Balaban J connectivity index is 2.67. The molecule has 118 valence electrons. The van der Waals surface area contributed by atoms with E-state index < -0.39 is 23.5 Å². The van der Waals surface area contributed by atoms with E-state index in [0.717, 1.165) is 0 Å². The highest BCUT2D eigenvalue weighted by molar-refractivity contribution is 5.79.